The van der Waals surface area contributed by atoms with Gasteiger partial charge in [-0.3, -0.25) is 0 Å². The normalized spacial score (nSPS) is 14.8. The lowest BCUT2D eigenvalue weighted by atomic mass is 10.1. The number of aliphatic imine (C=N–C) groups is 1. The first-order chi connectivity index (χ1) is 12.5. The summed E-state index contributed by atoms with van der Waals surface area (Å²) in [5.41, 5.74) is 1.47. The molecule has 0 N–H and O–H groups in total. The molecule has 6 nitrogen and oxygen atoms in total. The molecule has 0 amide bonds. The summed E-state index contributed by atoms with van der Waals surface area (Å²) in [4.78, 5) is 16.6. The molecule has 1 aliphatic rings. The molecule has 0 fully saturated rings. The van der Waals surface area contributed by atoms with Gasteiger partial charge in [-0.15, -0.1) is 0 Å². The van der Waals surface area contributed by atoms with Gasteiger partial charge in [0.25, 0.3) is 0 Å². The molecule has 134 valence electrons. The highest BCUT2D eigenvalue weighted by molar-refractivity contribution is 9.10. The van der Waals surface area contributed by atoms with Gasteiger partial charge >= 0.3 is 5.97 Å². The lowest BCUT2D eigenvalue weighted by molar-refractivity contribution is -0.129. The minimum absolute atomic E-state index is 0.179. The summed E-state index contributed by atoms with van der Waals surface area (Å²) < 4.78 is 22.0. The zero-order valence-electron chi connectivity index (χ0n) is 14.4. The first kappa shape index (κ1) is 18.0. The second kappa shape index (κ2) is 7.61. The zero-order chi connectivity index (χ0) is 18.7. The van der Waals surface area contributed by atoms with Crippen LogP contribution in [0.2, 0.25) is 0 Å². The van der Waals surface area contributed by atoms with Crippen molar-refractivity contribution in [3.05, 3.63) is 57.7 Å². The Morgan fingerprint density at radius 2 is 1.69 bits per heavy atom. The van der Waals surface area contributed by atoms with Gasteiger partial charge in [-0.2, -0.15) is 0 Å². The lowest BCUT2D eigenvalue weighted by Crippen LogP contribution is -2.06. The van der Waals surface area contributed by atoms with E-state index in [2.05, 4.69) is 20.9 Å². The molecule has 0 radical (unpaired) electrons. The van der Waals surface area contributed by atoms with Crippen LogP contribution in [0.15, 0.2) is 51.6 Å². The van der Waals surface area contributed by atoms with E-state index in [1.807, 2.05) is 12.1 Å². The van der Waals surface area contributed by atoms with E-state index >= 15 is 0 Å². The third-order valence-corrected chi connectivity index (χ3v) is 4.20. The molecule has 7 heteroatoms. The van der Waals surface area contributed by atoms with Gasteiger partial charge in [-0.1, -0.05) is 15.9 Å². The number of methoxy groups -OCH3 is 3. The Morgan fingerprint density at radius 1 is 1.00 bits per heavy atom. The Balaban J connectivity index is 2.01. The van der Waals surface area contributed by atoms with Gasteiger partial charge in [0.2, 0.25) is 5.90 Å². The molecule has 0 atom stereocenters. The predicted octanol–water partition coefficient (Wildman–Crippen LogP) is 3.82. The number of carbonyl (C=O) groups excluding carboxylic acids is 1. The fourth-order valence-corrected chi connectivity index (χ4v) is 2.81. The fourth-order valence-electron chi connectivity index (χ4n) is 2.43. The minimum Gasteiger partial charge on any atom is -0.497 e. The van der Waals surface area contributed by atoms with Crippen LogP contribution in [0.3, 0.4) is 0 Å². The minimum atomic E-state index is -0.538. The van der Waals surface area contributed by atoms with Crippen LogP contribution >= 0.6 is 15.9 Å². The van der Waals surface area contributed by atoms with Crippen molar-refractivity contribution in [2.24, 2.45) is 4.99 Å². The number of ether oxygens (including phenoxy) is 4. The number of esters is 1. The standard InChI is InChI=1S/C19H16BrNO5/c1-23-14-7-12(8-15(10-14)24-2)18-21-16(19(22)26-18)9-11-6-13(20)4-5-17(11)25-3/h4-10H,1-3H3/b16-9-. The largest absolute Gasteiger partial charge is 0.497 e. The molecular formula is C19H16BrNO5. The Bertz CT molecular complexity index is 898. The third kappa shape index (κ3) is 3.72. The average Bonchev–Trinajstić information content (AvgIpc) is 3.02. The molecule has 1 heterocycles. The topological polar surface area (TPSA) is 66.3 Å². The van der Waals surface area contributed by atoms with E-state index < -0.39 is 5.97 Å². The Labute approximate surface area is 159 Å². The highest BCUT2D eigenvalue weighted by atomic mass is 79.9. The van der Waals surface area contributed by atoms with E-state index in [0.29, 0.717) is 28.4 Å². The van der Waals surface area contributed by atoms with Gasteiger partial charge in [-0.05, 0) is 36.4 Å². The van der Waals surface area contributed by atoms with Crippen molar-refractivity contribution in [1.29, 1.82) is 0 Å². The van der Waals surface area contributed by atoms with Gasteiger partial charge in [0.15, 0.2) is 5.70 Å². The molecule has 26 heavy (non-hydrogen) atoms. The van der Waals surface area contributed by atoms with Crippen LogP contribution in [0.1, 0.15) is 11.1 Å². The van der Waals surface area contributed by atoms with Crippen LogP contribution in [0.4, 0.5) is 0 Å². The summed E-state index contributed by atoms with van der Waals surface area (Å²) >= 11 is 3.41. The number of halogens is 1. The summed E-state index contributed by atoms with van der Waals surface area (Å²) in [6.07, 6.45) is 1.62. The van der Waals surface area contributed by atoms with Gasteiger partial charge in [0.05, 0.1) is 21.3 Å². The number of carbonyl (C=O) groups is 1. The molecule has 0 spiro atoms. The van der Waals surface area contributed by atoms with Gasteiger partial charge < -0.3 is 18.9 Å². The van der Waals surface area contributed by atoms with Gasteiger partial charge in [0, 0.05) is 21.7 Å². The quantitative estimate of drug-likeness (QED) is 0.546. The molecule has 0 saturated heterocycles. The molecule has 0 aromatic heterocycles. The van der Waals surface area contributed by atoms with Crippen LogP contribution in [0.25, 0.3) is 6.08 Å². The Kier molecular flexibility index (Phi) is 5.27. The van der Waals surface area contributed by atoms with Crippen molar-refractivity contribution in [3.8, 4) is 17.2 Å². The maximum atomic E-state index is 12.2. The Morgan fingerprint density at radius 3 is 2.31 bits per heavy atom. The van der Waals surface area contributed by atoms with E-state index in [4.69, 9.17) is 18.9 Å². The van der Waals surface area contributed by atoms with E-state index in [9.17, 15) is 4.79 Å². The maximum absolute atomic E-state index is 12.2. The second-order valence-corrected chi connectivity index (χ2v) is 6.24. The molecule has 0 saturated carbocycles. The van der Waals surface area contributed by atoms with E-state index in [1.54, 1.807) is 51.7 Å². The first-order valence-corrected chi connectivity index (χ1v) is 8.43. The van der Waals surface area contributed by atoms with Crippen molar-refractivity contribution < 1.29 is 23.7 Å². The van der Waals surface area contributed by atoms with Crippen LogP contribution in [-0.4, -0.2) is 33.2 Å². The van der Waals surface area contributed by atoms with Crippen LogP contribution in [0, 0.1) is 0 Å². The molecule has 3 rings (SSSR count). The highest BCUT2D eigenvalue weighted by Crippen LogP contribution is 2.29. The predicted molar refractivity (Wildman–Crippen MR) is 101 cm³/mol. The van der Waals surface area contributed by atoms with E-state index in [0.717, 1.165) is 4.47 Å². The molecule has 0 aliphatic carbocycles. The smallest absolute Gasteiger partial charge is 0.363 e. The molecule has 0 bridgehead atoms. The highest BCUT2D eigenvalue weighted by Gasteiger charge is 2.25. The second-order valence-electron chi connectivity index (χ2n) is 5.32. The van der Waals surface area contributed by atoms with Crippen LogP contribution < -0.4 is 14.2 Å². The summed E-state index contributed by atoms with van der Waals surface area (Å²) in [5.74, 6) is 1.42. The monoisotopic (exact) mass is 417 g/mol. The fraction of sp³-hybridized carbons (Fsp3) is 0.158. The molecule has 2 aromatic carbocycles. The third-order valence-electron chi connectivity index (χ3n) is 3.70. The number of rotatable bonds is 5. The first-order valence-electron chi connectivity index (χ1n) is 7.63. The summed E-state index contributed by atoms with van der Waals surface area (Å²) in [5, 5.41) is 0. The number of hydrogen-bond acceptors (Lipinski definition) is 6. The van der Waals surface area contributed by atoms with Crippen molar-refractivity contribution in [2.45, 2.75) is 0 Å². The number of nitrogens with zero attached hydrogens (tertiary/aromatic N) is 1. The Hall–Kier alpha value is -2.80. The summed E-state index contributed by atoms with van der Waals surface area (Å²) in [7, 11) is 4.66. The molecular weight excluding hydrogens is 402 g/mol. The average molecular weight is 418 g/mol. The van der Waals surface area contributed by atoms with Crippen molar-refractivity contribution in [2.75, 3.05) is 21.3 Å². The van der Waals surface area contributed by atoms with Gasteiger partial charge in [0.1, 0.15) is 17.2 Å². The van der Waals surface area contributed by atoms with E-state index in [-0.39, 0.29) is 11.6 Å². The number of cyclic esters (lactones) is 1. The summed E-state index contributed by atoms with van der Waals surface area (Å²) in [6, 6.07) is 10.7. The van der Waals surface area contributed by atoms with E-state index in [1.165, 1.54) is 0 Å². The van der Waals surface area contributed by atoms with Crippen molar-refractivity contribution in [3.63, 3.8) is 0 Å². The zero-order valence-corrected chi connectivity index (χ0v) is 16.0. The molecule has 2 aromatic rings. The van der Waals surface area contributed by atoms with Crippen LogP contribution in [-0.2, 0) is 9.53 Å². The van der Waals surface area contributed by atoms with Crippen molar-refractivity contribution >= 4 is 33.9 Å². The van der Waals surface area contributed by atoms with Crippen molar-refractivity contribution in [1.82, 2.24) is 0 Å². The van der Waals surface area contributed by atoms with Crippen LogP contribution in [0.5, 0.6) is 17.2 Å². The number of benzene rings is 2. The van der Waals surface area contributed by atoms with Gasteiger partial charge in [-0.25, -0.2) is 9.79 Å². The maximum Gasteiger partial charge on any atom is 0.363 e. The summed E-state index contributed by atoms with van der Waals surface area (Å²) in [6.45, 7) is 0. The lowest BCUT2D eigenvalue weighted by Gasteiger charge is -2.07. The SMILES string of the molecule is COc1cc(OC)cc(C2=N/C(=C\c3cc(Br)ccc3OC)C(=O)O2)c1. The molecule has 0 unspecified atom stereocenters. The molecule has 1 aliphatic heterocycles. The number of hydrogen-bond donors (Lipinski definition) is 0.